The summed E-state index contributed by atoms with van der Waals surface area (Å²) in [5.74, 6) is -1.45. The minimum atomic E-state index is -0.578. The molecule has 2 aromatic carbocycles. The summed E-state index contributed by atoms with van der Waals surface area (Å²) in [7, 11) is 0. The summed E-state index contributed by atoms with van der Waals surface area (Å²) in [5.41, 5.74) is 1.08. The maximum Gasteiger partial charge on any atom is 0.274 e. The topological polar surface area (TPSA) is 49.8 Å². The molecule has 0 saturated heterocycles. The molecule has 3 aromatic rings. The number of halogens is 3. The van der Waals surface area contributed by atoms with Crippen LogP contribution in [0.25, 0.3) is 5.69 Å². The molecular formula is C16H10ClF2N3OS. The van der Waals surface area contributed by atoms with Crippen molar-refractivity contribution < 1.29 is 13.6 Å². The Morgan fingerprint density at radius 2 is 1.88 bits per heavy atom. The Balaban J connectivity index is 1.95. The summed E-state index contributed by atoms with van der Waals surface area (Å²) in [4.78, 5) is 15.3. The first kappa shape index (κ1) is 16.4. The SMILES string of the molecule is O=C(Nc1ccc(F)c(Cl)c1)c1c[nH]c(=S)n1-c1ccc(F)cc1. The van der Waals surface area contributed by atoms with E-state index in [1.807, 2.05) is 0 Å². The number of imidazole rings is 1. The van der Waals surface area contributed by atoms with Gasteiger partial charge in [-0.2, -0.15) is 0 Å². The average molecular weight is 366 g/mol. The number of rotatable bonds is 3. The van der Waals surface area contributed by atoms with E-state index in [-0.39, 0.29) is 15.5 Å². The van der Waals surface area contributed by atoms with E-state index in [0.29, 0.717) is 11.4 Å². The minimum absolute atomic E-state index is 0.0998. The minimum Gasteiger partial charge on any atom is -0.336 e. The van der Waals surface area contributed by atoms with E-state index in [2.05, 4.69) is 10.3 Å². The van der Waals surface area contributed by atoms with Crippen molar-refractivity contribution in [3.05, 3.63) is 75.8 Å². The molecule has 0 aliphatic rings. The van der Waals surface area contributed by atoms with Crippen LogP contribution in [0.5, 0.6) is 0 Å². The molecule has 0 unspecified atom stereocenters. The van der Waals surface area contributed by atoms with Gasteiger partial charge in [-0.3, -0.25) is 9.36 Å². The van der Waals surface area contributed by atoms with Gasteiger partial charge in [-0.1, -0.05) is 11.6 Å². The highest BCUT2D eigenvalue weighted by Gasteiger charge is 2.15. The second-order valence-electron chi connectivity index (χ2n) is 4.87. The number of carbonyl (C=O) groups excluding carboxylic acids is 1. The predicted molar refractivity (Wildman–Crippen MR) is 90.3 cm³/mol. The lowest BCUT2D eigenvalue weighted by molar-refractivity contribution is 0.102. The molecule has 24 heavy (non-hydrogen) atoms. The van der Waals surface area contributed by atoms with Crippen molar-refractivity contribution in [1.29, 1.82) is 0 Å². The van der Waals surface area contributed by atoms with Crippen LogP contribution in [0.15, 0.2) is 48.7 Å². The van der Waals surface area contributed by atoms with Crippen LogP contribution < -0.4 is 5.32 Å². The summed E-state index contributed by atoms with van der Waals surface area (Å²) >= 11 is 10.9. The molecule has 0 aliphatic carbocycles. The molecular weight excluding hydrogens is 356 g/mol. The van der Waals surface area contributed by atoms with Crippen LogP contribution in [0.4, 0.5) is 14.5 Å². The number of hydrogen-bond donors (Lipinski definition) is 2. The van der Waals surface area contributed by atoms with Gasteiger partial charge in [0.2, 0.25) is 0 Å². The molecule has 0 bridgehead atoms. The first-order valence-electron chi connectivity index (χ1n) is 6.78. The Hall–Kier alpha value is -2.51. The van der Waals surface area contributed by atoms with E-state index in [9.17, 15) is 13.6 Å². The van der Waals surface area contributed by atoms with E-state index in [0.717, 1.165) is 6.07 Å². The summed E-state index contributed by atoms with van der Waals surface area (Å²) in [6, 6.07) is 9.40. The lowest BCUT2D eigenvalue weighted by Gasteiger charge is -2.09. The first-order valence-corrected chi connectivity index (χ1v) is 7.57. The molecule has 0 radical (unpaired) electrons. The van der Waals surface area contributed by atoms with E-state index in [4.69, 9.17) is 23.8 Å². The molecule has 122 valence electrons. The lowest BCUT2D eigenvalue weighted by atomic mass is 10.2. The van der Waals surface area contributed by atoms with Crippen LogP contribution in [0.1, 0.15) is 10.5 Å². The monoisotopic (exact) mass is 365 g/mol. The number of H-pyrrole nitrogens is 1. The molecule has 0 aliphatic heterocycles. The third-order valence-corrected chi connectivity index (χ3v) is 3.86. The number of carbonyl (C=O) groups is 1. The standard InChI is InChI=1S/C16H10ClF2N3OS/c17-12-7-10(3-6-13(12)19)21-15(23)14-8-20-16(24)22(14)11-4-1-9(18)2-5-11/h1-8H,(H,20,24)(H,21,23). The van der Waals surface area contributed by atoms with Gasteiger partial charge in [0.15, 0.2) is 4.77 Å². The van der Waals surface area contributed by atoms with Crippen LogP contribution in [0.2, 0.25) is 5.02 Å². The van der Waals surface area contributed by atoms with Gasteiger partial charge in [0.05, 0.1) is 5.02 Å². The zero-order valence-electron chi connectivity index (χ0n) is 12.0. The highest BCUT2D eigenvalue weighted by atomic mass is 35.5. The van der Waals surface area contributed by atoms with E-state index in [1.165, 1.54) is 47.2 Å². The van der Waals surface area contributed by atoms with Gasteiger partial charge in [-0.25, -0.2) is 8.78 Å². The van der Waals surface area contributed by atoms with E-state index < -0.39 is 17.5 Å². The van der Waals surface area contributed by atoms with Gasteiger partial charge in [-0.05, 0) is 54.7 Å². The Morgan fingerprint density at radius 1 is 1.17 bits per heavy atom. The van der Waals surface area contributed by atoms with Gasteiger partial charge in [-0.15, -0.1) is 0 Å². The Bertz CT molecular complexity index is 966. The summed E-state index contributed by atoms with van der Waals surface area (Å²) in [5, 5.41) is 2.51. The molecule has 0 atom stereocenters. The maximum absolute atomic E-state index is 13.2. The number of benzene rings is 2. The molecule has 4 nitrogen and oxygen atoms in total. The average Bonchev–Trinajstić information content (AvgIpc) is 2.93. The molecule has 0 spiro atoms. The van der Waals surface area contributed by atoms with Crippen molar-refractivity contribution >= 4 is 35.4 Å². The highest BCUT2D eigenvalue weighted by Crippen LogP contribution is 2.21. The first-order chi connectivity index (χ1) is 11.5. The fraction of sp³-hybridized carbons (Fsp3) is 0. The predicted octanol–water partition coefficient (Wildman–Crippen LogP) is 4.72. The van der Waals surface area contributed by atoms with Crippen LogP contribution in [0, 0.1) is 16.4 Å². The number of anilines is 1. The van der Waals surface area contributed by atoms with Crippen LogP contribution in [-0.2, 0) is 0 Å². The van der Waals surface area contributed by atoms with Crippen LogP contribution in [-0.4, -0.2) is 15.5 Å². The van der Waals surface area contributed by atoms with Gasteiger partial charge >= 0.3 is 0 Å². The normalized spacial score (nSPS) is 10.6. The quantitative estimate of drug-likeness (QED) is 0.660. The highest BCUT2D eigenvalue weighted by molar-refractivity contribution is 7.71. The smallest absolute Gasteiger partial charge is 0.274 e. The van der Waals surface area contributed by atoms with Gasteiger partial charge in [0.1, 0.15) is 17.3 Å². The third kappa shape index (κ3) is 3.22. The molecule has 2 N–H and O–H groups in total. The number of hydrogen-bond acceptors (Lipinski definition) is 2. The Morgan fingerprint density at radius 3 is 2.54 bits per heavy atom. The van der Waals surface area contributed by atoms with Crippen molar-refractivity contribution in [3.63, 3.8) is 0 Å². The molecule has 1 amide bonds. The van der Waals surface area contributed by atoms with Crippen molar-refractivity contribution in [2.45, 2.75) is 0 Å². The third-order valence-electron chi connectivity index (χ3n) is 3.27. The Labute approximate surface area is 145 Å². The van der Waals surface area contributed by atoms with Crippen molar-refractivity contribution in [2.75, 3.05) is 5.32 Å². The molecule has 3 rings (SSSR count). The summed E-state index contributed by atoms with van der Waals surface area (Å²) < 4.78 is 28.0. The van der Waals surface area contributed by atoms with E-state index >= 15 is 0 Å². The lowest BCUT2D eigenvalue weighted by Crippen LogP contribution is -2.16. The number of amides is 1. The fourth-order valence-corrected chi connectivity index (χ4v) is 2.59. The Kier molecular flexibility index (Phi) is 4.46. The molecule has 1 heterocycles. The second kappa shape index (κ2) is 6.54. The number of aromatic nitrogens is 2. The van der Waals surface area contributed by atoms with Crippen LogP contribution in [0.3, 0.4) is 0 Å². The molecule has 0 fully saturated rings. The van der Waals surface area contributed by atoms with Gasteiger partial charge < -0.3 is 10.3 Å². The molecule has 8 heteroatoms. The van der Waals surface area contributed by atoms with E-state index in [1.54, 1.807) is 0 Å². The van der Waals surface area contributed by atoms with Crippen molar-refractivity contribution in [2.24, 2.45) is 0 Å². The van der Waals surface area contributed by atoms with Gasteiger partial charge in [0.25, 0.3) is 5.91 Å². The second-order valence-corrected chi connectivity index (χ2v) is 5.67. The summed E-state index contributed by atoms with van der Waals surface area (Å²) in [6.07, 6.45) is 1.44. The fourth-order valence-electron chi connectivity index (χ4n) is 2.15. The maximum atomic E-state index is 13.2. The van der Waals surface area contributed by atoms with Crippen LogP contribution >= 0.6 is 23.8 Å². The van der Waals surface area contributed by atoms with Crippen molar-refractivity contribution in [3.8, 4) is 5.69 Å². The van der Waals surface area contributed by atoms with Crippen molar-refractivity contribution in [1.82, 2.24) is 9.55 Å². The summed E-state index contributed by atoms with van der Waals surface area (Å²) in [6.45, 7) is 0. The zero-order valence-corrected chi connectivity index (χ0v) is 13.6. The largest absolute Gasteiger partial charge is 0.336 e. The molecule has 0 saturated carbocycles. The molecule has 1 aromatic heterocycles. The number of nitrogens with zero attached hydrogens (tertiary/aromatic N) is 1. The van der Waals surface area contributed by atoms with Gasteiger partial charge in [0, 0.05) is 17.6 Å². The number of nitrogens with one attached hydrogen (secondary N) is 2. The number of aromatic amines is 1. The zero-order chi connectivity index (χ0) is 17.3.